The monoisotopic (exact) mass is 452 g/mol. The van der Waals surface area contributed by atoms with E-state index in [9.17, 15) is 9.18 Å². The maximum absolute atomic E-state index is 14.0. The van der Waals surface area contributed by atoms with Gasteiger partial charge in [-0.2, -0.15) is 19.5 Å². The summed E-state index contributed by atoms with van der Waals surface area (Å²) in [6.45, 7) is 3.94. The zero-order valence-corrected chi connectivity index (χ0v) is 18.0. The molecule has 4 rings (SSSR count). The number of aromatic nitrogens is 2. The molecule has 0 spiro atoms. The van der Waals surface area contributed by atoms with Gasteiger partial charge in [-0.3, -0.25) is 4.79 Å². The van der Waals surface area contributed by atoms with Crippen molar-refractivity contribution in [3.8, 4) is 17.4 Å². The minimum absolute atomic E-state index is 0.141. The lowest BCUT2D eigenvalue weighted by molar-refractivity contribution is -0.114. The number of carbonyl (C=O) groups excluding carboxylic acids is 1. The molecule has 0 aliphatic carbocycles. The van der Waals surface area contributed by atoms with Crippen molar-refractivity contribution in [2.24, 2.45) is 5.10 Å². The highest BCUT2D eigenvalue weighted by Crippen LogP contribution is 2.34. The Bertz CT molecular complexity index is 1230. The molecule has 1 aliphatic heterocycles. The molecule has 1 aromatic heterocycles. The van der Waals surface area contributed by atoms with Crippen molar-refractivity contribution in [3.05, 3.63) is 77.0 Å². The molecule has 0 atom stereocenters. The third-order valence-corrected chi connectivity index (χ3v) is 4.71. The topological polar surface area (TPSA) is 76.9 Å². The van der Waals surface area contributed by atoms with Crippen LogP contribution in [0.5, 0.6) is 17.4 Å². The van der Waals surface area contributed by atoms with E-state index in [0.29, 0.717) is 34.9 Å². The van der Waals surface area contributed by atoms with Crippen LogP contribution in [0.4, 0.5) is 10.1 Å². The number of benzene rings is 2. The van der Waals surface area contributed by atoms with Gasteiger partial charge in [0, 0.05) is 0 Å². The van der Waals surface area contributed by atoms with Crippen LogP contribution < -0.4 is 14.5 Å². The number of hydrogen-bond acceptors (Lipinski definition) is 6. The fraction of sp³-hybridized carbons (Fsp3) is 0.130. The molecule has 7 nitrogen and oxygen atoms in total. The van der Waals surface area contributed by atoms with Gasteiger partial charge in [0.1, 0.15) is 0 Å². The van der Waals surface area contributed by atoms with E-state index in [1.807, 2.05) is 37.3 Å². The molecule has 0 radical (unpaired) electrons. The first-order chi connectivity index (χ1) is 15.5. The zero-order chi connectivity index (χ0) is 22.7. The van der Waals surface area contributed by atoms with Crippen LogP contribution >= 0.6 is 11.6 Å². The second-order valence-electron chi connectivity index (χ2n) is 6.73. The number of hydrogen-bond donors (Lipinski definition) is 0. The summed E-state index contributed by atoms with van der Waals surface area (Å²) >= 11 is 5.73. The number of hydrazone groups is 1. The molecule has 9 heteroatoms. The van der Waals surface area contributed by atoms with Crippen molar-refractivity contribution in [2.45, 2.75) is 13.8 Å². The maximum Gasteiger partial charge on any atom is 0.280 e. The van der Waals surface area contributed by atoms with E-state index < -0.39 is 5.82 Å². The molecule has 3 aromatic rings. The zero-order valence-electron chi connectivity index (χ0n) is 17.3. The third-order valence-electron chi connectivity index (χ3n) is 4.53. The predicted octanol–water partition coefficient (Wildman–Crippen LogP) is 5.27. The Morgan fingerprint density at radius 2 is 1.94 bits per heavy atom. The van der Waals surface area contributed by atoms with Gasteiger partial charge in [0.15, 0.2) is 11.5 Å². The van der Waals surface area contributed by atoms with Crippen LogP contribution in [0.15, 0.2) is 65.4 Å². The second kappa shape index (κ2) is 9.15. The summed E-state index contributed by atoms with van der Waals surface area (Å²) < 4.78 is 25.2. The van der Waals surface area contributed by atoms with Gasteiger partial charge in [-0.05, 0) is 61.4 Å². The van der Waals surface area contributed by atoms with Gasteiger partial charge < -0.3 is 9.47 Å². The van der Waals surface area contributed by atoms with E-state index in [1.165, 1.54) is 5.01 Å². The fourth-order valence-electron chi connectivity index (χ4n) is 3.07. The molecule has 0 unspecified atom stereocenters. The largest absolute Gasteiger partial charge is 0.490 e. The summed E-state index contributed by atoms with van der Waals surface area (Å²) in [7, 11) is 0. The van der Waals surface area contributed by atoms with Gasteiger partial charge >= 0.3 is 0 Å². The van der Waals surface area contributed by atoms with Crippen LogP contribution in [0.3, 0.4) is 0 Å². The Morgan fingerprint density at radius 1 is 1.16 bits per heavy atom. The van der Waals surface area contributed by atoms with Gasteiger partial charge in [0.2, 0.25) is 11.1 Å². The maximum atomic E-state index is 14.0. The molecular weight excluding hydrogens is 435 g/mol. The number of nitrogens with zero attached hydrogens (tertiary/aromatic N) is 4. The highest BCUT2D eigenvalue weighted by molar-refractivity contribution is 6.32. The van der Waals surface area contributed by atoms with Gasteiger partial charge in [-0.1, -0.05) is 24.3 Å². The van der Waals surface area contributed by atoms with Crippen molar-refractivity contribution in [1.29, 1.82) is 0 Å². The van der Waals surface area contributed by atoms with Gasteiger partial charge in [0.25, 0.3) is 11.8 Å². The number of halogens is 2. The molecule has 0 bridgehead atoms. The summed E-state index contributed by atoms with van der Waals surface area (Å²) in [5.74, 6) is -0.700. The van der Waals surface area contributed by atoms with Crippen LogP contribution in [0, 0.1) is 5.82 Å². The molecule has 1 aliphatic rings. The lowest BCUT2D eigenvalue weighted by Gasteiger charge is -2.13. The summed E-state index contributed by atoms with van der Waals surface area (Å²) in [5, 5.41) is 5.60. The van der Waals surface area contributed by atoms with Gasteiger partial charge in [-0.25, -0.2) is 4.98 Å². The Kier molecular flexibility index (Phi) is 6.13. The number of para-hydroxylation sites is 1. The van der Waals surface area contributed by atoms with E-state index in [2.05, 4.69) is 15.1 Å². The first-order valence-electron chi connectivity index (χ1n) is 9.75. The first kappa shape index (κ1) is 21.5. The highest BCUT2D eigenvalue weighted by Gasteiger charge is 2.28. The average Bonchev–Trinajstić information content (AvgIpc) is 3.07. The van der Waals surface area contributed by atoms with E-state index in [-0.39, 0.29) is 22.8 Å². The number of rotatable bonds is 6. The third kappa shape index (κ3) is 4.45. The molecule has 0 saturated heterocycles. The number of ether oxygens (including phenoxy) is 2. The van der Waals surface area contributed by atoms with Crippen LogP contribution in [0.1, 0.15) is 19.4 Å². The predicted molar refractivity (Wildman–Crippen MR) is 120 cm³/mol. The number of carbonyl (C=O) groups is 1. The van der Waals surface area contributed by atoms with E-state index in [4.69, 9.17) is 21.1 Å². The summed E-state index contributed by atoms with van der Waals surface area (Å²) in [6, 6.07) is 14.2. The van der Waals surface area contributed by atoms with Crippen molar-refractivity contribution in [1.82, 2.24) is 9.97 Å². The first-order valence-corrected chi connectivity index (χ1v) is 10.1. The van der Waals surface area contributed by atoms with Crippen LogP contribution in [-0.4, -0.2) is 28.2 Å². The smallest absolute Gasteiger partial charge is 0.280 e. The SMILES string of the molecule is CCOc1cc(/C=C2\C(=O)N(c3ccccc3)N=C2C)ccc1Oc1nc(Cl)ncc1F. The van der Waals surface area contributed by atoms with E-state index >= 15 is 0 Å². The lowest BCUT2D eigenvalue weighted by Crippen LogP contribution is -2.21. The summed E-state index contributed by atoms with van der Waals surface area (Å²) in [6.07, 6.45) is 2.65. The second-order valence-corrected chi connectivity index (χ2v) is 7.07. The minimum atomic E-state index is -0.757. The van der Waals surface area contributed by atoms with Gasteiger partial charge in [-0.15, -0.1) is 0 Å². The minimum Gasteiger partial charge on any atom is -0.490 e. The molecule has 2 heterocycles. The summed E-state index contributed by atoms with van der Waals surface area (Å²) in [5.41, 5.74) is 2.42. The molecule has 162 valence electrons. The normalized spacial score (nSPS) is 14.6. The molecule has 0 saturated carbocycles. The molecule has 1 amide bonds. The number of amides is 1. The Morgan fingerprint density at radius 3 is 2.69 bits per heavy atom. The van der Waals surface area contributed by atoms with Gasteiger partial charge in [0.05, 0.1) is 29.8 Å². The number of anilines is 1. The Balaban J connectivity index is 1.64. The Hall–Kier alpha value is -3.78. The Labute approximate surface area is 188 Å². The lowest BCUT2D eigenvalue weighted by atomic mass is 10.1. The van der Waals surface area contributed by atoms with Crippen molar-refractivity contribution < 1.29 is 18.7 Å². The van der Waals surface area contributed by atoms with Crippen LogP contribution in [0.25, 0.3) is 6.08 Å². The quantitative estimate of drug-likeness (QED) is 0.376. The molecule has 0 fully saturated rings. The molecule has 0 N–H and O–H groups in total. The molecular formula is C23H18ClFN4O3. The van der Waals surface area contributed by atoms with Crippen molar-refractivity contribution in [2.75, 3.05) is 11.6 Å². The van der Waals surface area contributed by atoms with E-state index in [1.54, 1.807) is 31.2 Å². The van der Waals surface area contributed by atoms with Crippen LogP contribution in [-0.2, 0) is 4.79 Å². The molecule has 32 heavy (non-hydrogen) atoms. The van der Waals surface area contributed by atoms with E-state index in [0.717, 1.165) is 6.20 Å². The van der Waals surface area contributed by atoms with Crippen molar-refractivity contribution >= 4 is 35.0 Å². The highest BCUT2D eigenvalue weighted by atomic mass is 35.5. The fourth-order valence-corrected chi connectivity index (χ4v) is 3.19. The van der Waals surface area contributed by atoms with Crippen molar-refractivity contribution in [3.63, 3.8) is 0 Å². The van der Waals surface area contributed by atoms with Crippen LogP contribution in [0.2, 0.25) is 5.28 Å². The average molecular weight is 453 g/mol. The summed E-state index contributed by atoms with van der Waals surface area (Å²) in [4.78, 5) is 20.2. The molecule has 2 aromatic carbocycles. The standard InChI is InChI=1S/C23H18ClFN4O3/c1-3-31-20-12-15(9-10-19(20)32-21-18(25)13-26-23(24)27-21)11-17-14(2)28-29(22(17)30)16-7-5-4-6-8-16/h4-13H,3H2,1-2H3/b17-11-.